The van der Waals surface area contributed by atoms with E-state index in [1.807, 2.05) is 12.1 Å². The summed E-state index contributed by atoms with van der Waals surface area (Å²) >= 11 is 0. The molecule has 3 rings (SSSR count). The highest BCUT2D eigenvalue weighted by molar-refractivity contribution is 5.83. The fraction of sp³-hybridized carbons (Fsp3) is 0.0526. The molecule has 0 heterocycles. The summed E-state index contributed by atoms with van der Waals surface area (Å²) in [6.45, 7) is 3.99. The number of hydrogen-bond acceptors (Lipinski definition) is 0. The second-order valence-corrected chi connectivity index (χ2v) is 4.73. The Morgan fingerprint density at radius 1 is 0.684 bits per heavy atom. The Kier molecular flexibility index (Phi) is 3.16. The van der Waals surface area contributed by atoms with Crippen molar-refractivity contribution in [1.29, 1.82) is 0 Å². The topological polar surface area (TPSA) is 0 Å². The van der Waals surface area contributed by atoms with E-state index in [2.05, 4.69) is 73.3 Å². The monoisotopic (exact) mass is 244 g/mol. The van der Waals surface area contributed by atoms with Crippen LogP contribution in [-0.2, 0) is 0 Å². The van der Waals surface area contributed by atoms with Crippen molar-refractivity contribution in [2.45, 2.75) is 5.92 Å². The van der Waals surface area contributed by atoms with Crippen molar-refractivity contribution in [1.82, 2.24) is 0 Å². The number of benzene rings is 3. The average Bonchev–Trinajstić information content (AvgIpc) is 2.49. The Morgan fingerprint density at radius 3 is 2.11 bits per heavy atom. The summed E-state index contributed by atoms with van der Waals surface area (Å²) in [6, 6.07) is 25.6. The highest BCUT2D eigenvalue weighted by Gasteiger charge is 2.10. The lowest BCUT2D eigenvalue weighted by molar-refractivity contribution is 1.03. The lowest BCUT2D eigenvalue weighted by Gasteiger charge is -2.14. The number of hydrogen-bond donors (Lipinski definition) is 0. The van der Waals surface area contributed by atoms with Gasteiger partial charge in [0.2, 0.25) is 0 Å². The molecule has 19 heavy (non-hydrogen) atoms. The third kappa shape index (κ3) is 2.30. The van der Waals surface area contributed by atoms with Crippen LogP contribution in [0.25, 0.3) is 10.8 Å². The van der Waals surface area contributed by atoms with Gasteiger partial charge in [0.25, 0.3) is 0 Å². The molecule has 0 bridgehead atoms. The van der Waals surface area contributed by atoms with Gasteiger partial charge in [-0.3, -0.25) is 0 Å². The largest absolute Gasteiger partial charge is 0.102 e. The summed E-state index contributed by atoms with van der Waals surface area (Å²) in [5.74, 6) is 0.255. The van der Waals surface area contributed by atoms with Crippen LogP contribution in [0.4, 0.5) is 0 Å². The van der Waals surface area contributed by atoms with Gasteiger partial charge in [0.05, 0.1) is 0 Å². The molecular formula is C19H16. The van der Waals surface area contributed by atoms with Crippen LogP contribution in [0.15, 0.2) is 85.5 Å². The molecule has 0 nitrogen and oxygen atoms in total. The van der Waals surface area contributed by atoms with Gasteiger partial charge in [-0.15, -0.1) is 6.58 Å². The molecule has 3 aromatic carbocycles. The molecule has 0 radical (unpaired) electrons. The van der Waals surface area contributed by atoms with Crippen molar-refractivity contribution in [3.8, 4) is 0 Å². The average molecular weight is 244 g/mol. The van der Waals surface area contributed by atoms with Gasteiger partial charge in [-0.25, -0.2) is 0 Å². The van der Waals surface area contributed by atoms with E-state index in [0.29, 0.717) is 0 Å². The van der Waals surface area contributed by atoms with Crippen molar-refractivity contribution < 1.29 is 0 Å². The van der Waals surface area contributed by atoms with E-state index < -0.39 is 0 Å². The van der Waals surface area contributed by atoms with Crippen LogP contribution >= 0.6 is 0 Å². The Hall–Kier alpha value is -2.34. The minimum Gasteiger partial charge on any atom is -0.102 e. The maximum atomic E-state index is 3.99. The van der Waals surface area contributed by atoms with Crippen LogP contribution in [0.1, 0.15) is 17.0 Å². The van der Waals surface area contributed by atoms with Crippen LogP contribution in [0.3, 0.4) is 0 Å². The molecule has 0 aliphatic carbocycles. The van der Waals surface area contributed by atoms with E-state index in [4.69, 9.17) is 0 Å². The standard InChI is InChI=1S/C19H16/c1-2-19(16-9-4-3-5-10-16)18-13-12-15-8-6-7-11-17(15)14-18/h2-14,19H,1H2. The summed E-state index contributed by atoms with van der Waals surface area (Å²) in [5.41, 5.74) is 2.58. The third-order valence-electron chi connectivity index (χ3n) is 3.53. The van der Waals surface area contributed by atoms with E-state index in [0.717, 1.165) is 0 Å². The molecule has 0 N–H and O–H groups in total. The van der Waals surface area contributed by atoms with Crippen molar-refractivity contribution >= 4 is 10.8 Å². The predicted octanol–water partition coefficient (Wildman–Crippen LogP) is 5.16. The van der Waals surface area contributed by atoms with Gasteiger partial charge in [-0.05, 0) is 21.9 Å². The molecule has 0 saturated carbocycles. The van der Waals surface area contributed by atoms with Crippen molar-refractivity contribution in [3.05, 3.63) is 96.6 Å². The molecule has 92 valence electrons. The summed E-state index contributed by atoms with van der Waals surface area (Å²) in [7, 11) is 0. The number of allylic oxidation sites excluding steroid dienone is 1. The van der Waals surface area contributed by atoms with E-state index >= 15 is 0 Å². The predicted molar refractivity (Wildman–Crippen MR) is 82.4 cm³/mol. The quantitative estimate of drug-likeness (QED) is 0.558. The lowest BCUT2D eigenvalue weighted by Crippen LogP contribution is -1.96. The summed E-state index contributed by atoms with van der Waals surface area (Å²) in [5, 5.41) is 2.56. The van der Waals surface area contributed by atoms with Gasteiger partial charge < -0.3 is 0 Å². The zero-order valence-electron chi connectivity index (χ0n) is 10.8. The highest BCUT2D eigenvalue weighted by atomic mass is 14.1. The van der Waals surface area contributed by atoms with E-state index in [1.165, 1.54) is 21.9 Å². The minimum atomic E-state index is 0.255. The number of fused-ring (bicyclic) bond motifs is 1. The van der Waals surface area contributed by atoms with Crippen molar-refractivity contribution in [2.75, 3.05) is 0 Å². The smallest absolute Gasteiger partial charge is 0.0267 e. The van der Waals surface area contributed by atoms with Gasteiger partial charge in [0.1, 0.15) is 0 Å². The van der Waals surface area contributed by atoms with Crippen LogP contribution in [0.2, 0.25) is 0 Å². The van der Waals surface area contributed by atoms with Gasteiger partial charge in [-0.1, -0.05) is 78.9 Å². The van der Waals surface area contributed by atoms with Gasteiger partial charge >= 0.3 is 0 Å². The molecule has 1 unspecified atom stereocenters. The van der Waals surface area contributed by atoms with Crippen molar-refractivity contribution in [2.24, 2.45) is 0 Å². The first kappa shape index (κ1) is 11.7. The Bertz CT molecular complexity index is 695. The second-order valence-electron chi connectivity index (χ2n) is 4.73. The molecule has 0 aromatic heterocycles. The first-order chi connectivity index (χ1) is 9.38. The summed E-state index contributed by atoms with van der Waals surface area (Å²) in [4.78, 5) is 0. The molecule has 0 aliphatic rings. The maximum absolute atomic E-state index is 3.99. The summed E-state index contributed by atoms with van der Waals surface area (Å²) in [6.07, 6.45) is 2.01. The maximum Gasteiger partial charge on any atom is 0.0267 e. The third-order valence-corrected chi connectivity index (χ3v) is 3.53. The molecule has 0 saturated heterocycles. The Balaban J connectivity index is 2.09. The molecule has 0 aliphatic heterocycles. The minimum absolute atomic E-state index is 0.255. The van der Waals surface area contributed by atoms with Gasteiger partial charge in [0, 0.05) is 5.92 Å². The lowest BCUT2D eigenvalue weighted by atomic mass is 9.90. The molecule has 0 amide bonds. The molecule has 0 heteroatoms. The second kappa shape index (κ2) is 5.11. The zero-order chi connectivity index (χ0) is 13.1. The van der Waals surface area contributed by atoms with E-state index in [9.17, 15) is 0 Å². The first-order valence-corrected chi connectivity index (χ1v) is 6.54. The molecule has 1 atom stereocenters. The number of rotatable bonds is 3. The van der Waals surface area contributed by atoms with Crippen molar-refractivity contribution in [3.63, 3.8) is 0 Å². The normalized spacial score (nSPS) is 12.2. The van der Waals surface area contributed by atoms with Crippen LogP contribution in [-0.4, -0.2) is 0 Å². The fourth-order valence-corrected chi connectivity index (χ4v) is 2.53. The molecule has 0 spiro atoms. The van der Waals surface area contributed by atoms with E-state index in [-0.39, 0.29) is 5.92 Å². The molecule has 3 aromatic rings. The zero-order valence-corrected chi connectivity index (χ0v) is 10.8. The van der Waals surface area contributed by atoms with Gasteiger partial charge in [0.15, 0.2) is 0 Å². The molecular weight excluding hydrogens is 228 g/mol. The SMILES string of the molecule is C=CC(c1ccccc1)c1ccc2ccccc2c1. The molecule has 0 fully saturated rings. The van der Waals surface area contributed by atoms with Crippen LogP contribution < -0.4 is 0 Å². The highest BCUT2D eigenvalue weighted by Crippen LogP contribution is 2.28. The first-order valence-electron chi connectivity index (χ1n) is 6.54. The van der Waals surface area contributed by atoms with Crippen LogP contribution in [0, 0.1) is 0 Å². The Labute approximate surface area is 114 Å². The summed E-state index contributed by atoms with van der Waals surface area (Å²) < 4.78 is 0. The van der Waals surface area contributed by atoms with Gasteiger partial charge in [-0.2, -0.15) is 0 Å². The fourth-order valence-electron chi connectivity index (χ4n) is 2.53. The van der Waals surface area contributed by atoms with E-state index in [1.54, 1.807) is 0 Å². The Morgan fingerprint density at radius 2 is 1.37 bits per heavy atom. The van der Waals surface area contributed by atoms with Crippen LogP contribution in [0.5, 0.6) is 0 Å².